The number of allylic oxidation sites excluding steroid dienone is 1. The van der Waals surface area contributed by atoms with E-state index in [1.807, 2.05) is 0 Å². The quantitative estimate of drug-likeness (QED) is 0.795. The molecule has 1 aromatic rings. The number of halogens is 1. The van der Waals surface area contributed by atoms with Gasteiger partial charge in [-0.2, -0.15) is 0 Å². The third-order valence-corrected chi connectivity index (χ3v) is 3.22. The van der Waals surface area contributed by atoms with E-state index in [1.165, 1.54) is 30.5 Å². The van der Waals surface area contributed by atoms with Gasteiger partial charge < -0.3 is 10.6 Å². The molecule has 0 saturated heterocycles. The van der Waals surface area contributed by atoms with E-state index in [0.29, 0.717) is 12.2 Å². The Morgan fingerprint density at radius 1 is 1.21 bits per heavy atom. The molecule has 0 spiro atoms. The maximum Gasteiger partial charge on any atom is 0.319 e. The van der Waals surface area contributed by atoms with Crippen LogP contribution >= 0.6 is 0 Å². The number of carbonyl (C=O) groups excluding carboxylic acids is 1. The lowest BCUT2D eigenvalue weighted by atomic mass is 9.97. The smallest absolute Gasteiger partial charge is 0.319 e. The molecule has 0 radical (unpaired) electrons. The van der Waals surface area contributed by atoms with Gasteiger partial charge in [0.25, 0.3) is 0 Å². The lowest BCUT2D eigenvalue weighted by Crippen LogP contribution is -2.29. The van der Waals surface area contributed by atoms with Gasteiger partial charge in [-0.3, -0.25) is 0 Å². The van der Waals surface area contributed by atoms with Crippen molar-refractivity contribution in [2.75, 3.05) is 11.9 Å². The first kappa shape index (κ1) is 13.6. The van der Waals surface area contributed by atoms with Gasteiger partial charge >= 0.3 is 6.03 Å². The minimum atomic E-state index is -0.310. The van der Waals surface area contributed by atoms with E-state index in [2.05, 4.69) is 16.7 Å². The zero-order chi connectivity index (χ0) is 13.5. The van der Waals surface area contributed by atoms with E-state index in [1.54, 1.807) is 12.1 Å². The first-order chi connectivity index (χ1) is 9.24. The van der Waals surface area contributed by atoms with Gasteiger partial charge in [0.15, 0.2) is 0 Å². The fraction of sp³-hybridized carbons (Fsp3) is 0.400. The maximum absolute atomic E-state index is 12.7. The van der Waals surface area contributed by atoms with Crippen LogP contribution in [0.2, 0.25) is 0 Å². The first-order valence-electron chi connectivity index (χ1n) is 6.72. The molecule has 19 heavy (non-hydrogen) atoms. The molecule has 0 bridgehead atoms. The van der Waals surface area contributed by atoms with Gasteiger partial charge in [0.05, 0.1) is 0 Å². The number of benzene rings is 1. The van der Waals surface area contributed by atoms with Crippen LogP contribution in [0.1, 0.15) is 32.1 Å². The summed E-state index contributed by atoms with van der Waals surface area (Å²) in [5, 5.41) is 5.48. The number of amides is 2. The van der Waals surface area contributed by atoms with Crippen LogP contribution in [0.3, 0.4) is 0 Å². The average Bonchev–Trinajstić information content (AvgIpc) is 2.43. The Kier molecular flexibility index (Phi) is 4.95. The lowest BCUT2D eigenvalue weighted by Gasteiger charge is -2.13. The SMILES string of the molecule is O=C(NCCC1=CCCCC1)Nc1ccc(F)cc1. The third-order valence-electron chi connectivity index (χ3n) is 3.22. The van der Waals surface area contributed by atoms with E-state index in [0.717, 1.165) is 19.3 Å². The van der Waals surface area contributed by atoms with Gasteiger partial charge in [-0.1, -0.05) is 11.6 Å². The average molecular weight is 262 g/mol. The molecule has 0 heterocycles. The van der Waals surface area contributed by atoms with Crippen LogP contribution in [0, 0.1) is 5.82 Å². The summed E-state index contributed by atoms with van der Waals surface area (Å²) in [7, 11) is 0. The molecule has 4 heteroatoms. The van der Waals surface area contributed by atoms with Crippen molar-refractivity contribution in [3.8, 4) is 0 Å². The maximum atomic E-state index is 12.7. The van der Waals surface area contributed by atoms with E-state index in [4.69, 9.17) is 0 Å². The second-order valence-corrected chi connectivity index (χ2v) is 4.75. The highest BCUT2D eigenvalue weighted by Crippen LogP contribution is 2.19. The minimum absolute atomic E-state index is 0.247. The highest BCUT2D eigenvalue weighted by molar-refractivity contribution is 5.89. The second kappa shape index (κ2) is 6.92. The lowest BCUT2D eigenvalue weighted by molar-refractivity contribution is 0.252. The van der Waals surface area contributed by atoms with E-state index >= 15 is 0 Å². The highest BCUT2D eigenvalue weighted by Gasteiger charge is 2.05. The number of anilines is 1. The van der Waals surface area contributed by atoms with Gasteiger partial charge in [-0.15, -0.1) is 0 Å². The Hall–Kier alpha value is -1.84. The Morgan fingerprint density at radius 2 is 2.00 bits per heavy atom. The Labute approximate surface area is 112 Å². The Bertz CT molecular complexity index is 454. The summed E-state index contributed by atoms with van der Waals surface area (Å²) in [6, 6.07) is 5.48. The van der Waals surface area contributed by atoms with Crippen LogP contribution in [0.5, 0.6) is 0 Å². The fourth-order valence-electron chi connectivity index (χ4n) is 2.18. The van der Waals surface area contributed by atoms with Crippen LogP contribution < -0.4 is 10.6 Å². The summed E-state index contributed by atoms with van der Waals surface area (Å²) in [5.41, 5.74) is 2.03. The van der Waals surface area contributed by atoms with Gasteiger partial charge in [0.1, 0.15) is 5.82 Å². The molecule has 1 aliphatic rings. The number of urea groups is 1. The normalized spacial score (nSPS) is 14.7. The monoisotopic (exact) mass is 262 g/mol. The topological polar surface area (TPSA) is 41.1 Å². The van der Waals surface area contributed by atoms with Crippen molar-refractivity contribution in [2.24, 2.45) is 0 Å². The highest BCUT2D eigenvalue weighted by atomic mass is 19.1. The van der Waals surface area contributed by atoms with Crippen LogP contribution in [0.25, 0.3) is 0 Å². The zero-order valence-electron chi connectivity index (χ0n) is 10.9. The van der Waals surface area contributed by atoms with Crippen molar-refractivity contribution in [1.29, 1.82) is 0 Å². The molecular formula is C15H19FN2O. The molecule has 102 valence electrons. The first-order valence-corrected chi connectivity index (χ1v) is 6.72. The van der Waals surface area contributed by atoms with Crippen LogP contribution in [0.15, 0.2) is 35.9 Å². The van der Waals surface area contributed by atoms with Crippen molar-refractivity contribution < 1.29 is 9.18 Å². The number of nitrogens with one attached hydrogen (secondary N) is 2. The second-order valence-electron chi connectivity index (χ2n) is 4.75. The Morgan fingerprint density at radius 3 is 2.68 bits per heavy atom. The standard InChI is InChI=1S/C15H19FN2O/c16-13-6-8-14(9-7-13)18-15(19)17-11-10-12-4-2-1-3-5-12/h4,6-9H,1-3,5,10-11H2,(H2,17,18,19). The van der Waals surface area contributed by atoms with E-state index < -0.39 is 0 Å². The molecule has 0 aliphatic heterocycles. The molecule has 0 saturated carbocycles. The molecule has 0 atom stereocenters. The molecule has 2 N–H and O–H groups in total. The van der Waals surface area contributed by atoms with Crippen molar-refractivity contribution >= 4 is 11.7 Å². The van der Waals surface area contributed by atoms with Crippen molar-refractivity contribution in [1.82, 2.24) is 5.32 Å². The van der Waals surface area contributed by atoms with Crippen molar-refractivity contribution in [3.05, 3.63) is 41.7 Å². The summed E-state index contributed by atoms with van der Waals surface area (Å²) >= 11 is 0. The molecule has 1 aliphatic carbocycles. The third kappa shape index (κ3) is 4.73. The molecule has 2 rings (SSSR count). The predicted octanol–water partition coefficient (Wildman–Crippen LogP) is 3.84. The molecule has 0 unspecified atom stereocenters. The van der Waals surface area contributed by atoms with Crippen LogP contribution in [0.4, 0.5) is 14.9 Å². The molecule has 0 fully saturated rings. The Balaban J connectivity index is 1.69. The number of hydrogen-bond acceptors (Lipinski definition) is 1. The van der Waals surface area contributed by atoms with Crippen molar-refractivity contribution in [3.63, 3.8) is 0 Å². The fourth-order valence-corrected chi connectivity index (χ4v) is 2.18. The summed E-state index contributed by atoms with van der Waals surface area (Å²) in [6.07, 6.45) is 8.05. The summed E-state index contributed by atoms with van der Waals surface area (Å²) < 4.78 is 12.7. The van der Waals surface area contributed by atoms with E-state index in [9.17, 15) is 9.18 Å². The number of rotatable bonds is 4. The van der Waals surface area contributed by atoms with Gasteiger partial charge in [-0.05, 0) is 56.4 Å². The molecule has 0 aromatic heterocycles. The molecule has 3 nitrogen and oxygen atoms in total. The number of hydrogen-bond donors (Lipinski definition) is 2. The summed E-state index contributed by atoms with van der Waals surface area (Å²) in [5.74, 6) is -0.310. The summed E-state index contributed by atoms with van der Waals surface area (Å²) in [4.78, 5) is 11.6. The number of carbonyl (C=O) groups is 1. The molecule has 1 aromatic carbocycles. The molecular weight excluding hydrogens is 243 g/mol. The predicted molar refractivity (Wildman–Crippen MR) is 74.6 cm³/mol. The summed E-state index contributed by atoms with van der Waals surface area (Å²) in [6.45, 7) is 0.638. The molecule has 2 amide bonds. The van der Waals surface area contributed by atoms with Crippen LogP contribution in [-0.2, 0) is 0 Å². The van der Waals surface area contributed by atoms with Gasteiger partial charge in [0, 0.05) is 12.2 Å². The zero-order valence-corrected chi connectivity index (χ0v) is 10.9. The van der Waals surface area contributed by atoms with Crippen molar-refractivity contribution in [2.45, 2.75) is 32.1 Å². The van der Waals surface area contributed by atoms with E-state index in [-0.39, 0.29) is 11.8 Å². The van der Waals surface area contributed by atoms with Crippen LogP contribution in [-0.4, -0.2) is 12.6 Å². The minimum Gasteiger partial charge on any atom is -0.338 e. The van der Waals surface area contributed by atoms with Gasteiger partial charge in [-0.25, -0.2) is 9.18 Å². The largest absolute Gasteiger partial charge is 0.338 e. The van der Waals surface area contributed by atoms with Gasteiger partial charge in [0.2, 0.25) is 0 Å².